The van der Waals surface area contributed by atoms with Crippen LogP contribution < -0.4 is 5.32 Å². The summed E-state index contributed by atoms with van der Waals surface area (Å²) >= 11 is 3.34. The number of benzene rings is 1. The number of anilines is 1. The maximum Gasteiger partial charge on any atom is 0.248 e. The second kappa shape index (κ2) is 9.64. The molecule has 6 rings (SSSR count). The molecule has 3 aromatic heterocycles. The molecule has 10 nitrogen and oxygen atoms in total. The fourth-order valence-electron chi connectivity index (χ4n) is 5.37. The van der Waals surface area contributed by atoms with Crippen molar-refractivity contribution < 1.29 is 14.4 Å². The SMILES string of the molecule is CC(=O)c1nn(CC(=O)N2[C@H](C(=O)Nc3nc(Br)ccc3C)C[C@@H]3C[C@@H]32)c2ccc(-c3cnc(C)nc3)cc12. The van der Waals surface area contributed by atoms with Gasteiger partial charge in [0.2, 0.25) is 11.8 Å². The Morgan fingerprint density at radius 1 is 1.05 bits per heavy atom. The van der Waals surface area contributed by atoms with Gasteiger partial charge in [-0.3, -0.25) is 19.1 Å². The second-order valence-electron chi connectivity index (χ2n) is 10.2. The normalized spacial score (nSPS) is 19.7. The van der Waals surface area contributed by atoms with Gasteiger partial charge in [-0.05, 0) is 77.9 Å². The zero-order valence-electron chi connectivity index (χ0n) is 21.7. The first-order valence-corrected chi connectivity index (χ1v) is 13.5. The van der Waals surface area contributed by atoms with Crippen molar-refractivity contribution in [2.24, 2.45) is 5.92 Å². The summed E-state index contributed by atoms with van der Waals surface area (Å²) < 4.78 is 2.18. The number of amides is 2. The number of nitrogens with one attached hydrogen (secondary N) is 1. The molecule has 2 amide bonds. The number of rotatable bonds is 6. The van der Waals surface area contributed by atoms with Gasteiger partial charge in [0.1, 0.15) is 34.5 Å². The summed E-state index contributed by atoms with van der Waals surface area (Å²) in [6, 6.07) is 8.79. The molecule has 11 heteroatoms. The van der Waals surface area contributed by atoms with Crippen molar-refractivity contribution in [3.63, 3.8) is 0 Å². The molecule has 1 aliphatic carbocycles. The summed E-state index contributed by atoms with van der Waals surface area (Å²) in [6.45, 7) is 5.08. The Morgan fingerprint density at radius 3 is 2.56 bits per heavy atom. The first kappa shape index (κ1) is 25.3. The van der Waals surface area contributed by atoms with Crippen LogP contribution in [-0.4, -0.2) is 59.3 Å². The Morgan fingerprint density at radius 2 is 1.82 bits per heavy atom. The molecule has 39 heavy (non-hydrogen) atoms. The average Bonchev–Trinajstić information content (AvgIpc) is 3.41. The predicted molar refractivity (Wildman–Crippen MR) is 148 cm³/mol. The van der Waals surface area contributed by atoms with Crippen molar-refractivity contribution in [2.75, 3.05) is 5.32 Å². The van der Waals surface area contributed by atoms with Gasteiger partial charge < -0.3 is 10.2 Å². The number of likely N-dealkylation sites (tertiary alicyclic amines) is 1. The Balaban J connectivity index is 1.27. The van der Waals surface area contributed by atoms with Gasteiger partial charge in [0.25, 0.3) is 0 Å². The number of carbonyl (C=O) groups excluding carboxylic acids is 3. The number of halogens is 1. The predicted octanol–water partition coefficient (Wildman–Crippen LogP) is 4.10. The van der Waals surface area contributed by atoms with Crippen molar-refractivity contribution >= 4 is 50.2 Å². The lowest BCUT2D eigenvalue weighted by atomic mass is 10.0. The van der Waals surface area contributed by atoms with Crippen molar-refractivity contribution in [1.29, 1.82) is 0 Å². The fraction of sp³-hybridized carbons (Fsp3) is 0.321. The summed E-state index contributed by atoms with van der Waals surface area (Å²) in [6.07, 6.45) is 4.99. The van der Waals surface area contributed by atoms with Crippen molar-refractivity contribution in [1.82, 2.24) is 29.6 Å². The van der Waals surface area contributed by atoms with Gasteiger partial charge in [0.15, 0.2) is 5.78 Å². The summed E-state index contributed by atoms with van der Waals surface area (Å²) in [5.41, 5.74) is 3.48. The molecular formula is C28H26BrN7O3. The molecule has 2 fully saturated rings. The van der Waals surface area contributed by atoms with E-state index in [1.165, 1.54) is 6.92 Å². The lowest BCUT2D eigenvalue weighted by Gasteiger charge is -2.27. The quantitative estimate of drug-likeness (QED) is 0.266. The van der Waals surface area contributed by atoms with Gasteiger partial charge in [-0.15, -0.1) is 0 Å². The Bertz CT molecular complexity index is 1650. The molecule has 0 radical (unpaired) electrons. The number of hydrogen-bond acceptors (Lipinski definition) is 7. The van der Waals surface area contributed by atoms with E-state index in [-0.39, 0.29) is 30.2 Å². The largest absolute Gasteiger partial charge is 0.326 e. The van der Waals surface area contributed by atoms with Crippen LogP contribution in [0, 0.1) is 19.8 Å². The Kier molecular flexibility index (Phi) is 6.25. The van der Waals surface area contributed by atoms with Crippen LogP contribution >= 0.6 is 15.9 Å². The van der Waals surface area contributed by atoms with Crippen LogP contribution in [0.4, 0.5) is 5.82 Å². The molecule has 1 saturated carbocycles. The van der Waals surface area contributed by atoms with E-state index in [4.69, 9.17) is 0 Å². The molecule has 0 unspecified atom stereocenters. The molecule has 0 bridgehead atoms. The van der Waals surface area contributed by atoms with Crippen molar-refractivity contribution in [3.8, 4) is 11.1 Å². The zero-order valence-corrected chi connectivity index (χ0v) is 23.3. The molecule has 4 aromatic rings. The van der Waals surface area contributed by atoms with Crippen LogP contribution in [-0.2, 0) is 16.1 Å². The summed E-state index contributed by atoms with van der Waals surface area (Å²) in [4.78, 5) is 54.0. The fourth-order valence-corrected chi connectivity index (χ4v) is 5.68. The number of aryl methyl sites for hydroxylation is 2. The highest BCUT2D eigenvalue weighted by atomic mass is 79.9. The molecule has 4 heterocycles. The van der Waals surface area contributed by atoms with Gasteiger partial charge in [-0.1, -0.05) is 12.1 Å². The van der Waals surface area contributed by atoms with E-state index >= 15 is 0 Å². The Hall–Kier alpha value is -3.99. The van der Waals surface area contributed by atoms with Crippen LogP contribution in [0.1, 0.15) is 41.6 Å². The first-order chi connectivity index (χ1) is 18.7. The lowest BCUT2D eigenvalue weighted by molar-refractivity contribution is -0.138. The molecule has 1 saturated heterocycles. The van der Waals surface area contributed by atoms with Gasteiger partial charge in [-0.2, -0.15) is 5.10 Å². The van der Waals surface area contributed by atoms with Crippen LogP contribution in [0.25, 0.3) is 22.0 Å². The van der Waals surface area contributed by atoms with Crippen LogP contribution in [0.3, 0.4) is 0 Å². The first-order valence-electron chi connectivity index (χ1n) is 12.8. The highest BCUT2D eigenvalue weighted by molar-refractivity contribution is 9.10. The van der Waals surface area contributed by atoms with E-state index < -0.39 is 6.04 Å². The average molecular weight is 588 g/mol. The smallest absolute Gasteiger partial charge is 0.248 e. The third-order valence-corrected chi connectivity index (χ3v) is 7.92. The molecule has 2 aliphatic rings. The molecule has 0 spiro atoms. The monoisotopic (exact) mass is 587 g/mol. The number of carbonyl (C=O) groups is 3. The van der Waals surface area contributed by atoms with E-state index in [1.54, 1.807) is 22.0 Å². The summed E-state index contributed by atoms with van der Waals surface area (Å²) in [7, 11) is 0. The molecule has 3 atom stereocenters. The molecular weight excluding hydrogens is 562 g/mol. The minimum atomic E-state index is -0.580. The molecule has 1 aromatic carbocycles. The third-order valence-electron chi connectivity index (χ3n) is 7.48. The number of hydrogen-bond donors (Lipinski definition) is 1. The number of piperidine rings is 1. The van der Waals surface area contributed by atoms with Gasteiger partial charge in [-0.25, -0.2) is 15.0 Å². The lowest BCUT2D eigenvalue weighted by Crippen LogP contribution is -2.47. The zero-order chi connectivity index (χ0) is 27.4. The number of Topliss-reactive ketones (excluding diaryl/α,β-unsaturated/α-hetero) is 1. The number of nitrogens with zero attached hydrogens (tertiary/aromatic N) is 6. The maximum atomic E-state index is 13.6. The maximum absolute atomic E-state index is 13.6. The van der Waals surface area contributed by atoms with Crippen molar-refractivity contribution in [2.45, 2.75) is 52.2 Å². The molecule has 1 N–H and O–H groups in total. The van der Waals surface area contributed by atoms with E-state index in [2.05, 4.69) is 41.3 Å². The van der Waals surface area contributed by atoms with Crippen LogP contribution in [0.2, 0.25) is 0 Å². The highest BCUT2D eigenvalue weighted by Gasteiger charge is 2.56. The van der Waals surface area contributed by atoms with Crippen LogP contribution in [0.5, 0.6) is 0 Å². The number of pyridine rings is 1. The minimum absolute atomic E-state index is 0.0482. The summed E-state index contributed by atoms with van der Waals surface area (Å²) in [5.74, 6) is 0.828. The number of ketones is 1. The highest BCUT2D eigenvalue weighted by Crippen LogP contribution is 2.48. The number of aromatic nitrogens is 5. The summed E-state index contributed by atoms with van der Waals surface area (Å²) in [5, 5.41) is 8.08. The van der Waals surface area contributed by atoms with E-state index in [9.17, 15) is 14.4 Å². The van der Waals surface area contributed by atoms with Gasteiger partial charge in [0, 0.05) is 36.3 Å². The molecule has 1 aliphatic heterocycles. The standard InChI is InChI=1S/C28H26BrN7O3/c1-14-4-7-24(29)32-27(14)33-28(39)23-10-18-9-22(18)36(23)25(38)13-35-21-6-5-17(19-11-30-16(3)31-12-19)8-20(21)26(34-35)15(2)37/h4-8,11-12,18,22-23H,9-10,13H2,1-3H3,(H,32,33,39)/t18-,22-,23-/m0/s1. The third kappa shape index (κ3) is 4.71. The minimum Gasteiger partial charge on any atom is -0.326 e. The Labute approximate surface area is 233 Å². The van der Waals surface area contributed by atoms with E-state index in [1.807, 2.05) is 44.2 Å². The van der Waals surface area contributed by atoms with Crippen LogP contribution in [0.15, 0.2) is 47.3 Å². The van der Waals surface area contributed by atoms with E-state index in [0.29, 0.717) is 45.2 Å². The van der Waals surface area contributed by atoms with E-state index in [0.717, 1.165) is 23.1 Å². The number of fused-ring (bicyclic) bond motifs is 2. The second-order valence-corrected chi connectivity index (χ2v) is 11.0. The topological polar surface area (TPSA) is 123 Å². The van der Waals surface area contributed by atoms with Gasteiger partial charge in [0.05, 0.1) is 5.52 Å². The van der Waals surface area contributed by atoms with Gasteiger partial charge >= 0.3 is 0 Å². The molecule has 198 valence electrons. The van der Waals surface area contributed by atoms with Crippen molar-refractivity contribution in [3.05, 3.63) is 64.4 Å².